The van der Waals surface area contributed by atoms with Crippen molar-refractivity contribution in [3.63, 3.8) is 0 Å². The van der Waals surface area contributed by atoms with E-state index in [-0.39, 0.29) is 0 Å². The molecule has 31 heavy (non-hydrogen) atoms. The Morgan fingerprint density at radius 1 is 0.806 bits per heavy atom. The van der Waals surface area contributed by atoms with Gasteiger partial charge in [-0.2, -0.15) is 0 Å². The molecule has 4 rings (SSSR count). The highest BCUT2D eigenvalue weighted by Gasteiger charge is 2.16. The summed E-state index contributed by atoms with van der Waals surface area (Å²) in [7, 11) is 0. The summed E-state index contributed by atoms with van der Waals surface area (Å²) in [6.07, 6.45) is 12.7. The lowest BCUT2D eigenvalue weighted by Crippen LogP contribution is -2.00. The van der Waals surface area contributed by atoms with Crippen LogP contribution in [0, 0.1) is 0 Å². The van der Waals surface area contributed by atoms with Gasteiger partial charge in [-0.15, -0.1) is 10.2 Å². The quantitative estimate of drug-likeness (QED) is 0.227. The van der Waals surface area contributed by atoms with Gasteiger partial charge < -0.3 is 0 Å². The maximum absolute atomic E-state index is 6.32. The normalized spacial score (nSPS) is 11.5. The van der Waals surface area contributed by atoms with Crippen LogP contribution in [0.4, 0.5) is 0 Å². The van der Waals surface area contributed by atoms with Gasteiger partial charge in [-0.05, 0) is 24.6 Å². The van der Waals surface area contributed by atoms with E-state index in [4.69, 9.17) is 16.6 Å². The van der Waals surface area contributed by atoms with E-state index >= 15 is 0 Å². The van der Waals surface area contributed by atoms with Gasteiger partial charge in [0, 0.05) is 17.0 Å². The fourth-order valence-corrected chi connectivity index (χ4v) is 4.38. The highest BCUT2D eigenvalue weighted by molar-refractivity contribution is 6.31. The molecule has 162 valence electrons. The lowest BCUT2D eigenvalue weighted by atomic mass is 10.1. The van der Waals surface area contributed by atoms with Crippen molar-refractivity contribution in [2.45, 2.75) is 71.1 Å². The molecule has 5 heteroatoms. The molecule has 2 aromatic heterocycles. The summed E-state index contributed by atoms with van der Waals surface area (Å²) in [5.41, 5.74) is 4.58. The minimum absolute atomic E-state index is 0.700. The van der Waals surface area contributed by atoms with Crippen molar-refractivity contribution in [1.29, 1.82) is 0 Å². The summed E-state index contributed by atoms with van der Waals surface area (Å²) >= 11 is 6.32. The summed E-state index contributed by atoms with van der Waals surface area (Å²) in [6.45, 7) is 2.27. The Bertz CT molecular complexity index is 1120. The molecule has 0 aliphatic heterocycles. The first-order valence-corrected chi connectivity index (χ1v) is 12.0. The molecule has 0 unspecified atom stereocenters. The zero-order valence-corrected chi connectivity index (χ0v) is 19.1. The Balaban J connectivity index is 1.53. The third kappa shape index (κ3) is 5.24. The van der Waals surface area contributed by atoms with Gasteiger partial charge in [0.2, 0.25) is 0 Å². The molecule has 2 aromatic carbocycles. The fraction of sp³-hybridized carbons (Fsp3) is 0.423. The van der Waals surface area contributed by atoms with E-state index in [1.54, 1.807) is 0 Å². The van der Waals surface area contributed by atoms with Crippen LogP contribution in [-0.2, 0) is 6.42 Å². The number of unbranched alkanes of at least 4 members (excludes halogenated alkanes) is 8. The minimum Gasteiger partial charge on any atom is -0.275 e. The molecule has 0 amide bonds. The molecule has 4 nitrogen and oxygen atoms in total. The minimum atomic E-state index is 0.700. The van der Waals surface area contributed by atoms with Crippen LogP contribution in [0.15, 0.2) is 48.5 Å². The predicted octanol–water partition coefficient (Wildman–Crippen LogP) is 7.67. The second-order valence-corrected chi connectivity index (χ2v) is 8.75. The van der Waals surface area contributed by atoms with Crippen molar-refractivity contribution < 1.29 is 0 Å². The van der Waals surface area contributed by atoms with Crippen molar-refractivity contribution in [2.24, 2.45) is 0 Å². The van der Waals surface area contributed by atoms with Crippen LogP contribution in [0.25, 0.3) is 27.9 Å². The van der Waals surface area contributed by atoms with Gasteiger partial charge in [-0.3, -0.25) is 4.40 Å². The van der Waals surface area contributed by atoms with Crippen molar-refractivity contribution in [2.75, 3.05) is 0 Å². The van der Waals surface area contributed by atoms with Crippen LogP contribution >= 0.6 is 11.6 Å². The van der Waals surface area contributed by atoms with E-state index in [0.29, 0.717) is 5.02 Å². The van der Waals surface area contributed by atoms with Crippen molar-refractivity contribution >= 4 is 28.3 Å². The van der Waals surface area contributed by atoms with Crippen molar-refractivity contribution in [3.05, 3.63) is 59.4 Å². The molecule has 2 heterocycles. The maximum Gasteiger partial charge on any atom is 0.187 e. The Morgan fingerprint density at radius 2 is 1.52 bits per heavy atom. The average Bonchev–Trinajstić information content (AvgIpc) is 3.22. The fourth-order valence-electron chi connectivity index (χ4n) is 4.21. The van der Waals surface area contributed by atoms with E-state index in [2.05, 4.69) is 33.7 Å². The van der Waals surface area contributed by atoms with Crippen LogP contribution in [0.2, 0.25) is 5.02 Å². The van der Waals surface area contributed by atoms with Crippen LogP contribution in [0.5, 0.6) is 0 Å². The van der Waals surface area contributed by atoms with E-state index in [1.165, 1.54) is 51.4 Å². The molecule has 0 atom stereocenters. The first-order chi connectivity index (χ1) is 15.3. The van der Waals surface area contributed by atoms with Gasteiger partial charge in [-0.1, -0.05) is 100 Å². The molecule has 0 saturated heterocycles. The number of nitrogens with zero attached hydrogens (tertiary/aromatic N) is 4. The number of hydrogen-bond acceptors (Lipinski definition) is 3. The average molecular weight is 435 g/mol. The molecular formula is C26H31ClN4. The maximum atomic E-state index is 6.32. The monoisotopic (exact) mass is 434 g/mol. The van der Waals surface area contributed by atoms with E-state index in [9.17, 15) is 0 Å². The number of aryl methyl sites for hydroxylation is 1. The number of hydrogen-bond donors (Lipinski definition) is 0. The van der Waals surface area contributed by atoms with Gasteiger partial charge >= 0.3 is 0 Å². The van der Waals surface area contributed by atoms with E-state index < -0.39 is 0 Å². The SMILES string of the molecule is CCCCCCCCCCCc1nnc2c(-c3ccccc3)nc3ccc(Cl)cc3n12. The smallest absolute Gasteiger partial charge is 0.187 e. The standard InChI is InChI=1S/C26H31ClN4/c1-2-3-4-5-6-7-8-9-13-16-24-29-30-26-25(20-14-11-10-12-15-20)28-22-18-17-21(27)19-23(22)31(24)26/h10-12,14-15,17-19H,2-9,13,16H2,1H3. The topological polar surface area (TPSA) is 43.1 Å². The molecule has 0 fully saturated rings. The van der Waals surface area contributed by atoms with Crippen LogP contribution in [-0.4, -0.2) is 19.6 Å². The third-order valence-corrected chi connectivity index (χ3v) is 6.14. The van der Waals surface area contributed by atoms with Gasteiger partial charge in [0.25, 0.3) is 0 Å². The Hall–Kier alpha value is -2.46. The van der Waals surface area contributed by atoms with Gasteiger partial charge in [0.05, 0.1) is 11.0 Å². The number of benzene rings is 2. The summed E-state index contributed by atoms with van der Waals surface area (Å²) < 4.78 is 2.15. The highest BCUT2D eigenvalue weighted by Crippen LogP contribution is 2.28. The molecule has 4 aromatic rings. The molecule has 0 radical (unpaired) electrons. The number of halogens is 1. The lowest BCUT2D eigenvalue weighted by Gasteiger charge is -2.09. The van der Waals surface area contributed by atoms with Crippen LogP contribution in [0.1, 0.15) is 70.5 Å². The molecule has 0 N–H and O–H groups in total. The van der Waals surface area contributed by atoms with Crippen molar-refractivity contribution in [1.82, 2.24) is 19.6 Å². The molecule has 0 aliphatic carbocycles. The zero-order valence-electron chi connectivity index (χ0n) is 18.4. The molecule has 0 bridgehead atoms. The summed E-state index contributed by atoms with van der Waals surface area (Å²) in [4.78, 5) is 4.90. The van der Waals surface area contributed by atoms with Gasteiger partial charge in [-0.25, -0.2) is 4.98 Å². The second-order valence-electron chi connectivity index (χ2n) is 8.31. The predicted molar refractivity (Wildman–Crippen MR) is 130 cm³/mol. The van der Waals surface area contributed by atoms with E-state index in [0.717, 1.165) is 46.6 Å². The zero-order chi connectivity index (χ0) is 21.5. The Kier molecular flexibility index (Phi) is 7.52. The molecule has 0 aliphatic rings. The molecule has 0 spiro atoms. The third-order valence-electron chi connectivity index (χ3n) is 5.90. The summed E-state index contributed by atoms with van der Waals surface area (Å²) in [5.74, 6) is 0.991. The largest absolute Gasteiger partial charge is 0.275 e. The Labute approximate surface area is 189 Å². The molecular weight excluding hydrogens is 404 g/mol. The summed E-state index contributed by atoms with van der Waals surface area (Å²) in [5, 5.41) is 9.80. The number of fused-ring (bicyclic) bond motifs is 3. The first kappa shape index (κ1) is 21.8. The van der Waals surface area contributed by atoms with Crippen molar-refractivity contribution in [3.8, 4) is 11.3 Å². The molecule has 0 saturated carbocycles. The first-order valence-electron chi connectivity index (χ1n) is 11.7. The van der Waals surface area contributed by atoms with Gasteiger partial charge in [0.1, 0.15) is 11.5 Å². The lowest BCUT2D eigenvalue weighted by molar-refractivity contribution is 0.561. The number of rotatable bonds is 11. The summed E-state index contributed by atoms with van der Waals surface area (Å²) in [6, 6.07) is 16.0. The van der Waals surface area contributed by atoms with E-state index in [1.807, 2.05) is 36.4 Å². The van der Waals surface area contributed by atoms with Crippen LogP contribution in [0.3, 0.4) is 0 Å². The second kappa shape index (κ2) is 10.7. The van der Waals surface area contributed by atoms with Gasteiger partial charge in [0.15, 0.2) is 5.65 Å². The number of aromatic nitrogens is 4. The highest BCUT2D eigenvalue weighted by atomic mass is 35.5. The van der Waals surface area contributed by atoms with Crippen LogP contribution < -0.4 is 0 Å². The Morgan fingerprint density at radius 3 is 2.26 bits per heavy atom.